The molecule has 0 aliphatic heterocycles. The van der Waals surface area contributed by atoms with Crippen LogP contribution in [0.1, 0.15) is 22.8 Å². The fourth-order valence-corrected chi connectivity index (χ4v) is 1.84. The number of aliphatic hydroxyl groups excluding tert-OH is 1. The Morgan fingerprint density at radius 2 is 2.07 bits per heavy atom. The van der Waals surface area contributed by atoms with Gasteiger partial charge in [-0.3, -0.25) is 0 Å². The summed E-state index contributed by atoms with van der Waals surface area (Å²) in [6.07, 6.45) is -0.535. The van der Waals surface area contributed by atoms with Gasteiger partial charge in [-0.1, -0.05) is 17.7 Å². The second-order valence-corrected chi connectivity index (χ2v) is 3.88. The molecule has 0 saturated carbocycles. The van der Waals surface area contributed by atoms with E-state index < -0.39 is 6.10 Å². The predicted molar refractivity (Wildman–Crippen MR) is 59.8 cm³/mol. The molecule has 14 heavy (non-hydrogen) atoms. The van der Waals surface area contributed by atoms with Gasteiger partial charge in [-0.05, 0) is 38.1 Å². The van der Waals surface area contributed by atoms with Crippen molar-refractivity contribution in [3.63, 3.8) is 0 Å². The molecule has 2 N–H and O–H groups in total. The summed E-state index contributed by atoms with van der Waals surface area (Å²) in [5, 5.41) is 13.4. The summed E-state index contributed by atoms with van der Waals surface area (Å²) in [5.41, 5.74) is 3.06. The molecule has 2 nitrogen and oxygen atoms in total. The third-order valence-electron chi connectivity index (χ3n) is 2.46. The Labute approximate surface area is 89.9 Å². The third-order valence-corrected chi connectivity index (χ3v) is 2.79. The van der Waals surface area contributed by atoms with Crippen molar-refractivity contribution in [3.8, 4) is 0 Å². The van der Waals surface area contributed by atoms with E-state index in [1.165, 1.54) is 0 Å². The summed E-state index contributed by atoms with van der Waals surface area (Å²) in [6, 6.07) is 3.80. The maximum absolute atomic E-state index is 9.86. The SMILES string of the molecule is CNCC(O)c1c(Cl)ccc(C)c1C. The van der Waals surface area contributed by atoms with Gasteiger partial charge in [0.1, 0.15) is 0 Å². The smallest absolute Gasteiger partial charge is 0.0931 e. The number of hydrogen-bond acceptors (Lipinski definition) is 2. The molecule has 0 amide bonds. The molecule has 0 spiro atoms. The first-order valence-corrected chi connectivity index (χ1v) is 5.04. The highest BCUT2D eigenvalue weighted by molar-refractivity contribution is 6.31. The Hall–Kier alpha value is -0.570. The Morgan fingerprint density at radius 1 is 1.43 bits per heavy atom. The predicted octanol–water partition coefficient (Wildman–Crippen LogP) is 2.21. The van der Waals surface area contributed by atoms with Gasteiger partial charge in [0.2, 0.25) is 0 Å². The minimum Gasteiger partial charge on any atom is -0.387 e. The van der Waals surface area contributed by atoms with Crippen LogP contribution in [-0.4, -0.2) is 18.7 Å². The second-order valence-electron chi connectivity index (χ2n) is 3.48. The molecule has 0 fully saturated rings. The van der Waals surface area contributed by atoms with Crippen LogP contribution in [0.25, 0.3) is 0 Å². The maximum atomic E-state index is 9.86. The average Bonchev–Trinajstić information content (AvgIpc) is 2.13. The monoisotopic (exact) mass is 213 g/mol. The van der Waals surface area contributed by atoms with Crippen molar-refractivity contribution in [2.75, 3.05) is 13.6 Å². The Kier molecular flexibility index (Phi) is 3.93. The molecule has 1 unspecified atom stereocenters. The van der Waals surface area contributed by atoms with Gasteiger partial charge in [-0.2, -0.15) is 0 Å². The Balaban J connectivity index is 3.11. The minimum absolute atomic E-state index is 0.518. The van der Waals surface area contributed by atoms with Crippen molar-refractivity contribution < 1.29 is 5.11 Å². The molecule has 0 aromatic heterocycles. The van der Waals surface area contributed by atoms with E-state index >= 15 is 0 Å². The summed E-state index contributed by atoms with van der Waals surface area (Å²) in [6.45, 7) is 4.51. The van der Waals surface area contributed by atoms with Crippen LogP contribution in [0.3, 0.4) is 0 Å². The highest BCUT2D eigenvalue weighted by atomic mass is 35.5. The second kappa shape index (κ2) is 4.78. The first kappa shape index (κ1) is 11.5. The van der Waals surface area contributed by atoms with E-state index in [1.54, 1.807) is 0 Å². The quantitative estimate of drug-likeness (QED) is 0.807. The van der Waals surface area contributed by atoms with E-state index in [-0.39, 0.29) is 0 Å². The molecular formula is C11H16ClNO. The molecule has 1 atom stereocenters. The van der Waals surface area contributed by atoms with Gasteiger partial charge in [0.15, 0.2) is 0 Å². The number of aryl methyl sites for hydroxylation is 1. The Bertz CT molecular complexity index is 325. The summed E-state index contributed by atoms with van der Waals surface area (Å²) in [4.78, 5) is 0. The van der Waals surface area contributed by atoms with Gasteiger partial charge in [-0.15, -0.1) is 0 Å². The molecule has 3 heteroatoms. The van der Waals surface area contributed by atoms with E-state index in [9.17, 15) is 5.11 Å². The molecule has 78 valence electrons. The molecular weight excluding hydrogens is 198 g/mol. The van der Waals surface area contributed by atoms with Gasteiger partial charge < -0.3 is 10.4 Å². The third kappa shape index (κ3) is 2.27. The molecule has 1 rings (SSSR count). The van der Waals surface area contributed by atoms with Crippen molar-refractivity contribution >= 4 is 11.6 Å². The lowest BCUT2D eigenvalue weighted by Gasteiger charge is -2.16. The molecule has 0 aliphatic carbocycles. The largest absolute Gasteiger partial charge is 0.387 e. The highest BCUT2D eigenvalue weighted by Crippen LogP contribution is 2.28. The number of rotatable bonds is 3. The summed E-state index contributed by atoms with van der Waals surface area (Å²) in [5.74, 6) is 0. The molecule has 0 aliphatic rings. The van der Waals surface area contributed by atoms with Crippen LogP contribution in [0.15, 0.2) is 12.1 Å². The average molecular weight is 214 g/mol. The van der Waals surface area contributed by atoms with Crippen molar-refractivity contribution in [2.45, 2.75) is 20.0 Å². The lowest BCUT2D eigenvalue weighted by Crippen LogP contribution is -2.18. The van der Waals surface area contributed by atoms with E-state index in [2.05, 4.69) is 5.32 Å². The van der Waals surface area contributed by atoms with Gasteiger partial charge in [0.25, 0.3) is 0 Å². The minimum atomic E-state index is -0.535. The summed E-state index contributed by atoms with van der Waals surface area (Å²) in [7, 11) is 1.81. The van der Waals surface area contributed by atoms with E-state index in [1.807, 2.05) is 33.0 Å². The normalized spacial score (nSPS) is 12.9. The number of aliphatic hydroxyl groups is 1. The summed E-state index contributed by atoms with van der Waals surface area (Å²) < 4.78 is 0. The zero-order valence-corrected chi connectivity index (χ0v) is 9.52. The maximum Gasteiger partial charge on any atom is 0.0931 e. The topological polar surface area (TPSA) is 32.3 Å². The number of hydrogen-bond donors (Lipinski definition) is 2. The van der Waals surface area contributed by atoms with Gasteiger partial charge >= 0.3 is 0 Å². The first-order valence-electron chi connectivity index (χ1n) is 4.66. The van der Waals surface area contributed by atoms with Crippen LogP contribution in [0, 0.1) is 13.8 Å². The van der Waals surface area contributed by atoms with Crippen LogP contribution in [0.2, 0.25) is 5.02 Å². The zero-order chi connectivity index (χ0) is 10.7. The lowest BCUT2D eigenvalue weighted by molar-refractivity contribution is 0.177. The number of likely N-dealkylation sites (N-methyl/N-ethyl adjacent to an activating group) is 1. The fourth-order valence-electron chi connectivity index (χ4n) is 1.51. The first-order chi connectivity index (χ1) is 6.57. The molecule has 1 aromatic carbocycles. The van der Waals surface area contributed by atoms with Crippen LogP contribution < -0.4 is 5.32 Å². The van der Waals surface area contributed by atoms with Crippen molar-refractivity contribution in [1.29, 1.82) is 0 Å². The standard InChI is InChI=1S/C11H16ClNO/c1-7-4-5-9(12)11(8(7)2)10(14)6-13-3/h4-5,10,13-14H,6H2,1-3H3. The van der Waals surface area contributed by atoms with E-state index in [4.69, 9.17) is 11.6 Å². The van der Waals surface area contributed by atoms with E-state index in [0.717, 1.165) is 16.7 Å². The number of halogens is 1. The number of benzene rings is 1. The molecule has 0 saturated heterocycles. The van der Waals surface area contributed by atoms with Crippen molar-refractivity contribution in [3.05, 3.63) is 33.8 Å². The molecule has 1 aromatic rings. The zero-order valence-electron chi connectivity index (χ0n) is 8.76. The van der Waals surface area contributed by atoms with Gasteiger partial charge in [0.05, 0.1) is 6.10 Å². The van der Waals surface area contributed by atoms with Crippen LogP contribution in [0.5, 0.6) is 0 Å². The number of nitrogens with one attached hydrogen (secondary N) is 1. The fraction of sp³-hybridized carbons (Fsp3) is 0.455. The molecule has 0 heterocycles. The highest BCUT2D eigenvalue weighted by Gasteiger charge is 2.14. The summed E-state index contributed by atoms with van der Waals surface area (Å²) >= 11 is 6.04. The lowest BCUT2D eigenvalue weighted by atomic mass is 9.99. The molecule has 0 bridgehead atoms. The van der Waals surface area contributed by atoms with Crippen molar-refractivity contribution in [2.24, 2.45) is 0 Å². The molecule has 0 radical (unpaired) electrons. The van der Waals surface area contributed by atoms with Crippen LogP contribution >= 0.6 is 11.6 Å². The van der Waals surface area contributed by atoms with Crippen LogP contribution in [0.4, 0.5) is 0 Å². The van der Waals surface area contributed by atoms with Crippen LogP contribution in [-0.2, 0) is 0 Å². The van der Waals surface area contributed by atoms with Crippen molar-refractivity contribution in [1.82, 2.24) is 5.32 Å². The van der Waals surface area contributed by atoms with Gasteiger partial charge in [0, 0.05) is 17.1 Å². The van der Waals surface area contributed by atoms with Gasteiger partial charge in [-0.25, -0.2) is 0 Å². The Morgan fingerprint density at radius 3 is 2.64 bits per heavy atom. The van der Waals surface area contributed by atoms with E-state index in [0.29, 0.717) is 11.6 Å².